The fraction of sp³-hybridized carbons (Fsp3) is 0.615. The lowest BCUT2D eigenvalue weighted by molar-refractivity contribution is -0.117. The minimum absolute atomic E-state index is 0.00320. The van der Waals surface area contributed by atoms with Crippen molar-refractivity contribution in [1.82, 2.24) is 4.31 Å². The molecule has 0 saturated carbocycles. The number of sulfonamides is 1. The second-order valence-electron chi connectivity index (χ2n) is 5.21. The van der Waals surface area contributed by atoms with E-state index in [9.17, 15) is 13.2 Å². The number of hydrogen-bond donors (Lipinski definition) is 0. The normalized spacial score (nSPS) is 21.2. The Hall–Kier alpha value is -0.140. The summed E-state index contributed by atoms with van der Waals surface area (Å²) in [6.45, 7) is 1.91. The highest BCUT2D eigenvalue weighted by Gasteiger charge is 2.35. The summed E-state index contributed by atoms with van der Waals surface area (Å²) >= 11 is 12.9. The monoisotopic (exact) mass is 369 g/mol. The maximum Gasteiger partial charge on any atom is 0.245 e. The fourth-order valence-corrected chi connectivity index (χ4v) is 6.44. The largest absolute Gasteiger partial charge is 0.300 e. The van der Waals surface area contributed by atoms with Crippen molar-refractivity contribution >= 4 is 50.3 Å². The van der Waals surface area contributed by atoms with E-state index >= 15 is 0 Å². The van der Waals surface area contributed by atoms with Gasteiger partial charge in [0.05, 0.1) is 4.34 Å². The van der Waals surface area contributed by atoms with Crippen LogP contribution in [0.1, 0.15) is 39.0 Å². The SMILES string of the molecule is CC(=O)CC1CCCCCN1S(=O)(=O)c1cc(Cl)sc1Cl. The molecule has 2 heterocycles. The smallest absolute Gasteiger partial charge is 0.245 e. The molecular formula is C13H17Cl2NO3S2. The molecule has 1 unspecified atom stereocenters. The third-order valence-electron chi connectivity index (χ3n) is 3.56. The molecule has 4 nitrogen and oxygen atoms in total. The Morgan fingerprint density at radius 1 is 1.38 bits per heavy atom. The highest BCUT2D eigenvalue weighted by molar-refractivity contribution is 7.89. The van der Waals surface area contributed by atoms with Crippen molar-refractivity contribution in [1.29, 1.82) is 0 Å². The Balaban J connectivity index is 2.38. The van der Waals surface area contributed by atoms with Crippen molar-refractivity contribution in [3.8, 4) is 0 Å². The highest BCUT2D eigenvalue weighted by Crippen LogP contribution is 2.37. The van der Waals surface area contributed by atoms with E-state index in [-0.39, 0.29) is 27.5 Å². The van der Waals surface area contributed by atoms with E-state index in [2.05, 4.69) is 0 Å². The van der Waals surface area contributed by atoms with Gasteiger partial charge in [0.2, 0.25) is 10.0 Å². The molecule has 0 spiro atoms. The summed E-state index contributed by atoms with van der Waals surface area (Å²) in [5, 5.41) is 0. The molecule has 1 aliphatic rings. The average molecular weight is 370 g/mol. The zero-order valence-corrected chi connectivity index (χ0v) is 14.8. The summed E-state index contributed by atoms with van der Waals surface area (Å²) in [4.78, 5) is 11.5. The van der Waals surface area contributed by atoms with Crippen molar-refractivity contribution < 1.29 is 13.2 Å². The minimum Gasteiger partial charge on any atom is -0.300 e. The molecule has 0 N–H and O–H groups in total. The standard InChI is InChI=1S/C13H17Cl2NO3S2/c1-9(17)7-10-5-3-2-4-6-16(10)21(18,19)11-8-12(14)20-13(11)15/h8,10H,2-7H2,1H3. The third-order valence-corrected chi connectivity index (χ3v) is 7.26. The van der Waals surface area contributed by atoms with Crippen LogP contribution in [0.4, 0.5) is 0 Å². The molecule has 0 radical (unpaired) electrons. The first-order valence-corrected chi connectivity index (χ1v) is 9.79. The molecule has 21 heavy (non-hydrogen) atoms. The molecule has 0 aromatic carbocycles. The number of carbonyl (C=O) groups is 1. The van der Waals surface area contributed by atoms with E-state index in [4.69, 9.17) is 23.2 Å². The van der Waals surface area contributed by atoms with Crippen LogP contribution < -0.4 is 0 Å². The molecule has 1 aromatic heterocycles. The van der Waals surface area contributed by atoms with Crippen molar-refractivity contribution in [2.45, 2.75) is 50.0 Å². The maximum absolute atomic E-state index is 12.8. The van der Waals surface area contributed by atoms with Gasteiger partial charge in [-0.1, -0.05) is 36.0 Å². The number of hydrogen-bond acceptors (Lipinski definition) is 4. The summed E-state index contributed by atoms with van der Waals surface area (Å²) in [6.07, 6.45) is 3.65. The highest BCUT2D eigenvalue weighted by atomic mass is 35.5. The molecule has 1 saturated heterocycles. The van der Waals surface area contributed by atoms with Crippen LogP contribution in [0.2, 0.25) is 8.67 Å². The Morgan fingerprint density at radius 3 is 2.67 bits per heavy atom. The Bertz CT molecular complexity index is 627. The van der Waals surface area contributed by atoms with Crippen molar-refractivity contribution in [3.63, 3.8) is 0 Å². The van der Waals surface area contributed by atoms with E-state index in [0.29, 0.717) is 17.3 Å². The number of rotatable bonds is 4. The van der Waals surface area contributed by atoms with Gasteiger partial charge >= 0.3 is 0 Å². The van der Waals surface area contributed by atoms with Crippen molar-refractivity contribution in [3.05, 3.63) is 14.7 Å². The molecule has 1 aliphatic heterocycles. The lowest BCUT2D eigenvalue weighted by Gasteiger charge is -2.28. The maximum atomic E-state index is 12.8. The van der Waals surface area contributed by atoms with Crippen LogP contribution >= 0.6 is 34.5 Å². The number of thiophene rings is 1. The van der Waals surface area contributed by atoms with Crippen LogP contribution in [0, 0.1) is 0 Å². The summed E-state index contributed by atoms with van der Waals surface area (Å²) in [6, 6.07) is 1.10. The van der Waals surface area contributed by atoms with Crippen molar-refractivity contribution in [2.75, 3.05) is 6.54 Å². The zero-order chi connectivity index (χ0) is 15.6. The van der Waals surface area contributed by atoms with Crippen LogP contribution in [-0.2, 0) is 14.8 Å². The van der Waals surface area contributed by atoms with Crippen LogP contribution in [0.5, 0.6) is 0 Å². The molecule has 2 rings (SSSR count). The van der Waals surface area contributed by atoms with Gasteiger partial charge in [-0.2, -0.15) is 4.31 Å². The third kappa shape index (κ3) is 3.99. The van der Waals surface area contributed by atoms with Crippen LogP contribution in [0.3, 0.4) is 0 Å². The van der Waals surface area contributed by atoms with E-state index in [1.54, 1.807) is 0 Å². The van der Waals surface area contributed by atoms with Gasteiger partial charge in [0.1, 0.15) is 15.0 Å². The van der Waals surface area contributed by atoms with Crippen molar-refractivity contribution in [2.24, 2.45) is 0 Å². The first kappa shape index (κ1) is 17.2. The van der Waals surface area contributed by atoms with Gasteiger partial charge in [0, 0.05) is 19.0 Å². The van der Waals surface area contributed by atoms with E-state index < -0.39 is 10.0 Å². The topological polar surface area (TPSA) is 54.5 Å². The van der Waals surface area contributed by atoms with Gasteiger partial charge in [-0.3, -0.25) is 4.79 Å². The first-order valence-electron chi connectivity index (χ1n) is 6.78. The number of nitrogens with zero attached hydrogens (tertiary/aromatic N) is 1. The van der Waals surface area contributed by atoms with Gasteiger partial charge < -0.3 is 0 Å². The second-order valence-corrected chi connectivity index (χ2v) is 9.36. The molecule has 0 bridgehead atoms. The molecule has 0 aliphatic carbocycles. The molecule has 1 fully saturated rings. The van der Waals surface area contributed by atoms with Gasteiger partial charge in [0.25, 0.3) is 0 Å². The van der Waals surface area contributed by atoms with Crippen LogP contribution in [0.25, 0.3) is 0 Å². The molecule has 118 valence electrons. The summed E-state index contributed by atoms with van der Waals surface area (Å²) in [7, 11) is -3.71. The molecular weight excluding hydrogens is 353 g/mol. The number of carbonyl (C=O) groups excluding carboxylic acids is 1. The summed E-state index contributed by atoms with van der Waals surface area (Å²) < 4.78 is 27.6. The first-order chi connectivity index (χ1) is 9.82. The van der Waals surface area contributed by atoms with Crippen LogP contribution in [0.15, 0.2) is 11.0 Å². The predicted molar refractivity (Wildman–Crippen MR) is 85.8 cm³/mol. The molecule has 1 aromatic rings. The Morgan fingerprint density at radius 2 is 2.10 bits per heavy atom. The number of halogens is 2. The van der Waals surface area contributed by atoms with Gasteiger partial charge in [-0.15, -0.1) is 11.3 Å². The number of Topliss-reactive ketones (excluding diaryl/α,β-unsaturated/α-hetero) is 1. The lowest BCUT2D eigenvalue weighted by atomic mass is 10.1. The Labute approximate surface area is 139 Å². The number of ketones is 1. The molecule has 8 heteroatoms. The minimum atomic E-state index is -3.71. The zero-order valence-electron chi connectivity index (χ0n) is 11.6. The molecule has 1 atom stereocenters. The van der Waals surface area contributed by atoms with Crippen LogP contribution in [-0.4, -0.2) is 31.1 Å². The lowest BCUT2D eigenvalue weighted by Crippen LogP contribution is -2.40. The summed E-state index contributed by atoms with van der Waals surface area (Å²) in [5.74, 6) is -0.00320. The van der Waals surface area contributed by atoms with E-state index in [0.717, 1.165) is 30.6 Å². The second kappa shape index (κ2) is 6.96. The Kier molecular flexibility index (Phi) is 5.71. The van der Waals surface area contributed by atoms with E-state index in [1.165, 1.54) is 17.3 Å². The summed E-state index contributed by atoms with van der Waals surface area (Å²) in [5.41, 5.74) is 0. The predicted octanol–water partition coefficient (Wildman–Crippen LogP) is 3.97. The molecule has 0 amide bonds. The fourth-order valence-electron chi connectivity index (χ4n) is 2.63. The van der Waals surface area contributed by atoms with Gasteiger partial charge in [-0.25, -0.2) is 8.42 Å². The quantitative estimate of drug-likeness (QED) is 0.806. The van der Waals surface area contributed by atoms with Gasteiger partial charge in [0.15, 0.2) is 0 Å². The van der Waals surface area contributed by atoms with E-state index in [1.807, 2.05) is 0 Å². The average Bonchev–Trinajstić information content (AvgIpc) is 2.59. The van der Waals surface area contributed by atoms with Gasteiger partial charge in [-0.05, 0) is 25.8 Å².